The van der Waals surface area contributed by atoms with Crippen LogP contribution in [0, 0.1) is 13.8 Å². The maximum atomic E-state index is 4.33. The third-order valence-electron chi connectivity index (χ3n) is 7.34. The number of hydrogen-bond donors (Lipinski definition) is 2. The summed E-state index contributed by atoms with van der Waals surface area (Å²) in [7, 11) is 2.05. The molecule has 2 aromatic rings. The van der Waals surface area contributed by atoms with Crippen molar-refractivity contribution in [2.75, 3.05) is 20.1 Å². The molecular formula is C38H56BrN3. The van der Waals surface area contributed by atoms with Crippen molar-refractivity contribution in [2.45, 2.75) is 86.0 Å². The van der Waals surface area contributed by atoms with E-state index in [0.717, 1.165) is 64.3 Å². The highest BCUT2D eigenvalue weighted by Crippen LogP contribution is 2.23. The first-order valence-corrected chi connectivity index (χ1v) is 16.5. The number of rotatable bonds is 13. The van der Waals surface area contributed by atoms with Gasteiger partial charge < -0.3 is 15.5 Å². The van der Waals surface area contributed by atoms with Crippen molar-refractivity contribution in [1.29, 1.82) is 0 Å². The minimum Gasteiger partial charge on any atom is -0.385 e. The zero-order chi connectivity index (χ0) is 31.3. The Kier molecular flexibility index (Phi) is 19.1. The van der Waals surface area contributed by atoms with Crippen molar-refractivity contribution in [1.82, 2.24) is 15.5 Å². The second-order valence-corrected chi connectivity index (χ2v) is 11.4. The first-order valence-electron chi connectivity index (χ1n) is 15.7. The van der Waals surface area contributed by atoms with Crippen molar-refractivity contribution in [2.24, 2.45) is 0 Å². The molecule has 3 nitrogen and oxygen atoms in total. The van der Waals surface area contributed by atoms with Gasteiger partial charge in [-0.2, -0.15) is 0 Å². The van der Waals surface area contributed by atoms with Gasteiger partial charge in [0.25, 0.3) is 0 Å². The first-order chi connectivity index (χ1) is 20.2. The fourth-order valence-electron chi connectivity index (χ4n) is 4.55. The Bertz CT molecular complexity index is 1140. The molecule has 0 amide bonds. The molecule has 0 bridgehead atoms. The molecule has 230 valence electrons. The summed E-state index contributed by atoms with van der Waals surface area (Å²) in [5.41, 5.74) is 7.78. The Hall–Kier alpha value is -2.98. The number of nitrogens with one attached hydrogen (secondary N) is 2. The van der Waals surface area contributed by atoms with Crippen LogP contribution in [0.25, 0.3) is 11.3 Å². The highest BCUT2D eigenvalue weighted by Gasteiger charge is 2.11. The predicted molar refractivity (Wildman–Crippen MR) is 192 cm³/mol. The normalized spacial score (nSPS) is 13.3. The Morgan fingerprint density at radius 1 is 0.857 bits per heavy atom. The molecule has 0 heterocycles. The summed E-state index contributed by atoms with van der Waals surface area (Å²) in [4.78, 5) is 2.13. The Morgan fingerprint density at radius 2 is 1.38 bits per heavy atom. The van der Waals surface area contributed by atoms with E-state index >= 15 is 0 Å². The van der Waals surface area contributed by atoms with Crippen LogP contribution < -0.4 is 10.6 Å². The van der Waals surface area contributed by atoms with Crippen LogP contribution in [0.15, 0.2) is 96.4 Å². The SMILES string of the molecule is C1CCCCC1.C=C/C(Br)=C(/C)N(C)/C(=C\C(=C)c1ccccc1C)NCCCCNC(=C)c1ccc(C)cc1.CC. The van der Waals surface area contributed by atoms with Gasteiger partial charge in [-0.25, -0.2) is 0 Å². The molecule has 3 rings (SSSR count). The average molecular weight is 635 g/mol. The summed E-state index contributed by atoms with van der Waals surface area (Å²) in [6, 6.07) is 16.8. The zero-order valence-corrected chi connectivity index (χ0v) is 28.9. The van der Waals surface area contributed by atoms with E-state index < -0.39 is 0 Å². The van der Waals surface area contributed by atoms with Crippen LogP contribution in [0.4, 0.5) is 0 Å². The van der Waals surface area contributed by atoms with E-state index in [1.165, 1.54) is 49.7 Å². The molecule has 1 fully saturated rings. The zero-order valence-electron chi connectivity index (χ0n) is 27.3. The monoisotopic (exact) mass is 633 g/mol. The third-order valence-corrected chi connectivity index (χ3v) is 8.24. The maximum Gasteiger partial charge on any atom is 0.106 e. The topological polar surface area (TPSA) is 27.3 Å². The minimum atomic E-state index is 0.856. The average Bonchev–Trinajstić information content (AvgIpc) is 3.03. The van der Waals surface area contributed by atoms with Crippen molar-refractivity contribution in [3.63, 3.8) is 0 Å². The lowest BCUT2D eigenvalue weighted by molar-refractivity contribution is 0.463. The molecule has 0 atom stereocenters. The largest absolute Gasteiger partial charge is 0.385 e. The van der Waals surface area contributed by atoms with E-state index in [2.05, 4.69) is 134 Å². The van der Waals surface area contributed by atoms with Gasteiger partial charge in [0.1, 0.15) is 5.82 Å². The van der Waals surface area contributed by atoms with Gasteiger partial charge in [-0.3, -0.25) is 0 Å². The van der Waals surface area contributed by atoms with Crippen LogP contribution >= 0.6 is 15.9 Å². The van der Waals surface area contributed by atoms with Crippen LogP contribution in [-0.4, -0.2) is 25.0 Å². The molecule has 42 heavy (non-hydrogen) atoms. The van der Waals surface area contributed by atoms with E-state index in [4.69, 9.17) is 0 Å². The van der Waals surface area contributed by atoms with Gasteiger partial charge in [-0.05, 0) is 77.9 Å². The lowest BCUT2D eigenvalue weighted by Crippen LogP contribution is -2.29. The third kappa shape index (κ3) is 13.8. The molecule has 2 N–H and O–H groups in total. The number of benzene rings is 2. The van der Waals surface area contributed by atoms with Crippen molar-refractivity contribution in [3.8, 4) is 0 Å². The number of allylic oxidation sites excluding steroid dienone is 5. The van der Waals surface area contributed by atoms with Crippen LogP contribution in [0.5, 0.6) is 0 Å². The molecule has 0 aliphatic heterocycles. The number of hydrogen-bond acceptors (Lipinski definition) is 3. The van der Waals surface area contributed by atoms with Gasteiger partial charge in [0.05, 0.1) is 0 Å². The van der Waals surface area contributed by atoms with Crippen LogP contribution in [-0.2, 0) is 0 Å². The molecule has 4 heteroatoms. The van der Waals surface area contributed by atoms with E-state index in [1.807, 2.05) is 19.9 Å². The fraction of sp³-hybridized carbons (Fsp3) is 0.421. The van der Waals surface area contributed by atoms with Gasteiger partial charge in [0, 0.05) is 36.0 Å². The van der Waals surface area contributed by atoms with Crippen LogP contribution in [0.3, 0.4) is 0 Å². The second kappa shape index (κ2) is 21.7. The predicted octanol–water partition coefficient (Wildman–Crippen LogP) is 10.9. The Morgan fingerprint density at radius 3 is 1.90 bits per heavy atom. The maximum absolute atomic E-state index is 4.33. The molecule has 1 aliphatic carbocycles. The molecule has 0 unspecified atom stereocenters. The van der Waals surface area contributed by atoms with Gasteiger partial charge in [0.15, 0.2) is 0 Å². The summed E-state index contributed by atoms with van der Waals surface area (Å²) in [5, 5.41) is 7.06. The van der Waals surface area contributed by atoms with E-state index in [-0.39, 0.29) is 0 Å². The number of nitrogens with zero attached hydrogens (tertiary/aromatic N) is 1. The van der Waals surface area contributed by atoms with Crippen molar-refractivity contribution < 1.29 is 0 Å². The van der Waals surface area contributed by atoms with Gasteiger partial charge in [0.2, 0.25) is 0 Å². The summed E-state index contributed by atoms with van der Waals surface area (Å²) in [6.07, 6.45) is 15.0. The number of halogens is 1. The van der Waals surface area contributed by atoms with Gasteiger partial charge >= 0.3 is 0 Å². The molecular weight excluding hydrogens is 578 g/mol. The first kappa shape index (κ1) is 37.0. The van der Waals surface area contributed by atoms with E-state index in [9.17, 15) is 0 Å². The van der Waals surface area contributed by atoms with E-state index in [1.54, 1.807) is 0 Å². The number of unbranched alkanes of at least 4 members (excludes halogenated alkanes) is 1. The fourth-order valence-corrected chi connectivity index (χ4v) is 4.82. The lowest BCUT2D eigenvalue weighted by Gasteiger charge is -2.26. The number of aryl methyl sites for hydroxylation is 2. The van der Waals surface area contributed by atoms with E-state index in [0.29, 0.717) is 0 Å². The molecule has 0 aromatic heterocycles. The van der Waals surface area contributed by atoms with Crippen molar-refractivity contribution in [3.05, 3.63) is 119 Å². The van der Waals surface area contributed by atoms with Crippen molar-refractivity contribution >= 4 is 27.2 Å². The molecule has 0 spiro atoms. The van der Waals surface area contributed by atoms with Crippen LogP contribution in [0.2, 0.25) is 0 Å². The molecule has 1 saturated carbocycles. The molecule has 0 radical (unpaired) electrons. The quantitative estimate of drug-likeness (QED) is 0.170. The molecule has 0 saturated heterocycles. The highest BCUT2D eigenvalue weighted by atomic mass is 79.9. The Balaban J connectivity index is 0.000000959. The smallest absolute Gasteiger partial charge is 0.106 e. The summed E-state index contributed by atoms with van der Waals surface area (Å²) in [5.74, 6) is 1.00. The minimum absolute atomic E-state index is 0.856. The van der Waals surface area contributed by atoms with Gasteiger partial charge in [-0.1, -0.05) is 132 Å². The van der Waals surface area contributed by atoms with Crippen LogP contribution in [0.1, 0.15) is 94.4 Å². The highest BCUT2D eigenvalue weighted by molar-refractivity contribution is 9.11. The van der Waals surface area contributed by atoms with Gasteiger partial charge in [-0.15, -0.1) is 0 Å². The summed E-state index contributed by atoms with van der Waals surface area (Å²) >= 11 is 3.60. The summed E-state index contributed by atoms with van der Waals surface area (Å²) < 4.78 is 0.961. The molecule has 1 aliphatic rings. The molecule has 2 aromatic carbocycles. The second-order valence-electron chi connectivity index (χ2n) is 10.6. The standard InChI is InChI=1S/C30H38BrN3.C6H12.C2H6/c1-8-29(31)26(6)34(7)30(21-24(4)28-14-10-9-13-23(28)3)33-20-12-11-19-32-25(5)27-17-15-22(2)16-18-27;1-2-4-6-5-3-1;1-2/h8-10,13-18,21,32-33H,1,4-5,11-12,19-20H2,2-3,6-7H3;1-6H2;1-2H3/b29-26+,30-21-;;. The Labute approximate surface area is 266 Å². The lowest BCUT2D eigenvalue weighted by atomic mass is 10.0. The summed E-state index contributed by atoms with van der Waals surface area (Å²) in [6.45, 7) is 24.4.